The first-order valence-corrected chi connectivity index (χ1v) is 8.47. The lowest BCUT2D eigenvalue weighted by molar-refractivity contribution is -0.384. The van der Waals surface area contributed by atoms with Gasteiger partial charge in [0, 0.05) is 31.6 Å². The molecule has 0 N–H and O–H groups in total. The summed E-state index contributed by atoms with van der Waals surface area (Å²) in [4.78, 5) is 21.8. The third-order valence-electron chi connectivity index (χ3n) is 3.28. The number of nitrogens with zero attached hydrogens (tertiary/aromatic N) is 2. The van der Waals surface area contributed by atoms with Crippen LogP contribution in [0.25, 0.3) is 6.08 Å². The van der Waals surface area contributed by atoms with E-state index in [1.807, 2.05) is 0 Å². The van der Waals surface area contributed by atoms with Gasteiger partial charge in [-0.25, -0.2) is 12.7 Å². The van der Waals surface area contributed by atoms with Crippen molar-refractivity contribution < 1.29 is 22.9 Å². The van der Waals surface area contributed by atoms with E-state index in [4.69, 9.17) is 4.74 Å². The number of carbonyl (C=O) groups excluding carboxylic acids is 1. The molecule has 1 saturated heterocycles. The Bertz CT molecular complexity index is 726. The molecule has 8 nitrogen and oxygen atoms in total. The maximum atomic E-state index is 12.3. The number of nitro benzene ring substituents is 1. The van der Waals surface area contributed by atoms with Gasteiger partial charge in [-0.15, -0.1) is 0 Å². The molecule has 1 heterocycles. The van der Waals surface area contributed by atoms with E-state index in [0.29, 0.717) is 18.6 Å². The van der Waals surface area contributed by atoms with Crippen LogP contribution in [0.4, 0.5) is 5.69 Å². The predicted octanol–water partition coefficient (Wildman–Crippen LogP) is 1.88. The third kappa shape index (κ3) is 3.93. The van der Waals surface area contributed by atoms with Crippen LogP contribution in [0.2, 0.25) is 0 Å². The molecule has 0 aromatic heterocycles. The number of sulfonamides is 1. The van der Waals surface area contributed by atoms with Crippen LogP contribution in [0.1, 0.15) is 25.3 Å². The van der Waals surface area contributed by atoms with E-state index in [-0.39, 0.29) is 12.1 Å². The summed E-state index contributed by atoms with van der Waals surface area (Å²) in [6, 6.07) is 5.40. The minimum absolute atomic E-state index is 0.0869. The second-order valence-electron chi connectivity index (χ2n) is 4.83. The Labute approximate surface area is 133 Å². The first-order chi connectivity index (χ1) is 10.8. The number of hydrogen-bond acceptors (Lipinski definition) is 6. The van der Waals surface area contributed by atoms with Gasteiger partial charge in [-0.2, -0.15) is 0 Å². The summed E-state index contributed by atoms with van der Waals surface area (Å²) in [7, 11) is -3.96. The van der Waals surface area contributed by atoms with Crippen LogP contribution in [0, 0.1) is 10.1 Å². The van der Waals surface area contributed by atoms with Crippen LogP contribution in [0.3, 0.4) is 0 Å². The average Bonchev–Trinajstić information content (AvgIpc) is 2.88. The quantitative estimate of drug-likeness (QED) is 0.578. The van der Waals surface area contributed by atoms with Gasteiger partial charge in [0.15, 0.2) is 0 Å². The molecule has 23 heavy (non-hydrogen) atoms. The maximum Gasteiger partial charge on any atom is 0.269 e. The fraction of sp³-hybridized carbons (Fsp3) is 0.357. The van der Waals surface area contributed by atoms with Gasteiger partial charge in [0.25, 0.3) is 15.7 Å². The molecule has 0 bridgehead atoms. The number of amides is 1. The van der Waals surface area contributed by atoms with Gasteiger partial charge < -0.3 is 4.74 Å². The summed E-state index contributed by atoms with van der Waals surface area (Å²) in [6.07, 6.45) is 0.958. The summed E-state index contributed by atoms with van der Waals surface area (Å²) in [6.45, 7) is 2.02. The zero-order chi connectivity index (χ0) is 17.0. The number of ether oxygens (including phenoxy) is 1. The molecule has 0 saturated carbocycles. The minimum atomic E-state index is -3.96. The highest BCUT2D eigenvalue weighted by atomic mass is 32.2. The van der Waals surface area contributed by atoms with Gasteiger partial charge in [-0.05, 0) is 30.7 Å². The van der Waals surface area contributed by atoms with Crippen LogP contribution < -0.4 is 0 Å². The monoisotopic (exact) mass is 340 g/mol. The second kappa shape index (κ2) is 6.88. The highest BCUT2D eigenvalue weighted by molar-refractivity contribution is 7.92. The van der Waals surface area contributed by atoms with Crippen molar-refractivity contribution in [1.29, 1.82) is 0 Å². The van der Waals surface area contributed by atoms with E-state index in [9.17, 15) is 23.3 Å². The van der Waals surface area contributed by atoms with Crippen LogP contribution in [-0.2, 0) is 19.6 Å². The number of nitro groups is 1. The first kappa shape index (κ1) is 17.1. The molecule has 1 aliphatic rings. The molecule has 9 heteroatoms. The number of benzene rings is 1. The van der Waals surface area contributed by atoms with Crippen molar-refractivity contribution in [3.63, 3.8) is 0 Å². The van der Waals surface area contributed by atoms with Gasteiger partial charge in [0.05, 0.1) is 10.3 Å². The molecule has 1 amide bonds. The van der Waals surface area contributed by atoms with E-state index in [0.717, 1.165) is 9.71 Å². The average molecular weight is 340 g/mol. The first-order valence-electron chi connectivity index (χ1n) is 6.96. The predicted molar refractivity (Wildman–Crippen MR) is 82.5 cm³/mol. The Morgan fingerprint density at radius 3 is 2.61 bits per heavy atom. The zero-order valence-electron chi connectivity index (χ0n) is 12.4. The Hall–Kier alpha value is -2.26. The van der Waals surface area contributed by atoms with E-state index < -0.39 is 27.1 Å². The molecular formula is C14H16N2O6S. The number of non-ortho nitro benzene ring substituents is 1. The van der Waals surface area contributed by atoms with E-state index in [2.05, 4.69) is 0 Å². The molecule has 1 aromatic rings. The lowest BCUT2D eigenvalue weighted by Gasteiger charge is -2.22. The molecule has 1 aliphatic heterocycles. The summed E-state index contributed by atoms with van der Waals surface area (Å²) in [5.74, 6) is -0.503. The summed E-state index contributed by atoms with van der Waals surface area (Å²) in [5, 5.41) is 11.5. The Balaban J connectivity index is 2.19. The lowest BCUT2D eigenvalue weighted by Crippen LogP contribution is -2.38. The summed E-state index contributed by atoms with van der Waals surface area (Å²) in [5.41, 5.74) is 0.384. The Morgan fingerprint density at radius 2 is 2.04 bits per heavy atom. The van der Waals surface area contributed by atoms with Crippen LogP contribution in [0.5, 0.6) is 0 Å². The number of carbonyl (C=O) groups is 1. The standard InChI is InChI=1S/C14H16N2O6S/c1-2-22-14-8-7-13(17)15(14)23(20,21)10-9-11-3-5-12(6-4-11)16(18)19/h3-6,9-10,14H,2,7-8H2,1H3. The van der Waals surface area contributed by atoms with E-state index in [1.54, 1.807) is 6.92 Å². The van der Waals surface area contributed by atoms with E-state index >= 15 is 0 Å². The highest BCUT2D eigenvalue weighted by Crippen LogP contribution is 2.24. The molecule has 0 aliphatic carbocycles. The third-order valence-corrected chi connectivity index (χ3v) is 4.75. The Morgan fingerprint density at radius 1 is 1.39 bits per heavy atom. The molecule has 0 spiro atoms. The van der Waals surface area contributed by atoms with Crippen LogP contribution in [0.15, 0.2) is 29.7 Å². The number of rotatable bonds is 6. The summed E-state index contributed by atoms with van der Waals surface area (Å²) < 4.78 is 30.6. The van der Waals surface area contributed by atoms with Crippen LogP contribution in [-0.4, -0.2) is 36.4 Å². The van der Waals surface area contributed by atoms with Crippen molar-refractivity contribution >= 4 is 27.7 Å². The van der Waals surface area contributed by atoms with Gasteiger partial charge >= 0.3 is 0 Å². The number of hydrogen-bond donors (Lipinski definition) is 0. The minimum Gasteiger partial charge on any atom is -0.357 e. The van der Waals surface area contributed by atoms with Gasteiger partial charge in [0.1, 0.15) is 6.23 Å². The van der Waals surface area contributed by atoms with Crippen molar-refractivity contribution in [2.45, 2.75) is 26.0 Å². The SMILES string of the molecule is CCOC1CCC(=O)N1S(=O)(=O)C=Cc1ccc([N+](=O)[O-])cc1. The second-order valence-corrected chi connectivity index (χ2v) is 6.53. The smallest absolute Gasteiger partial charge is 0.269 e. The van der Waals surface area contributed by atoms with Crippen LogP contribution >= 0.6 is 0 Å². The van der Waals surface area contributed by atoms with Crippen molar-refractivity contribution in [3.8, 4) is 0 Å². The molecule has 124 valence electrons. The highest BCUT2D eigenvalue weighted by Gasteiger charge is 2.38. The molecular weight excluding hydrogens is 324 g/mol. The molecule has 1 atom stereocenters. The molecule has 1 aromatic carbocycles. The fourth-order valence-electron chi connectivity index (χ4n) is 2.22. The van der Waals surface area contributed by atoms with E-state index in [1.165, 1.54) is 30.3 Å². The molecule has 2 rings (SSSR count). The maximum absolute atomic E-state index is 12.3. The van der Waals surface area contributed by atoms with Crippen molar-refractivity contribution in [2.24, 2.45) is 0 Å². The van der Waals surface area contributed by atoms with Crippen molar-refractivity contribution in [3.05, 3.63) is 45.4 Å². The zero-order valence-corrected chi connectivity index (χ0v) is 13.2. The topological polar surface area (TPSA) is 107 Å². The molecule has 0 radical (unpaired) electrons. The van der Waals surface area contributed by atoms with Gasteiger partial charge in [0.2, 0.25) is 5.91 Å². The normalized spacial score (nSPS) is 18.7. The van der Waals surface area contributed by atoms with Crippen molar-refractivity contribution in [2.75, 3.05) is 6.61 Å². The lowest BCUT2D eigenvalue weighted by atomic mass is 10.2. The van der Waals surface area contributed by atoms with Crippen molar-refractivity contribution in [1.82, 2.24) is 4.31 Å². The fourth-order valence-corrected chi connectivity index (χ4v) is 3.55. The largest absolute Gasteiger partial charge is 0.357 e. The van der Waals surface area contributed by atoms with Gasteiger partial charge in [-0.1, -0.05) is 0 Å². The Kier molecular flexibility index (Phi) is 5.12. The van der Waals surface area contributed by atoms with Gasteiger partial charge in [-0.3, -0.25) is 14.9 Å². The summed E-state index contributed by atoms with van der Waals surface area (Å²) >= 11 is 0. The molecule has 1 unspecified atom stereocenters. The molecule has 1 fully saturated rings.